The maximum absolute atomic E-state index is 12.1. The summed E-state index contributed by atoms with van der Waals surface area (Å²) in [5, 5.41) is 2.71. The predicted octanol–water partition coefficient (Wildman–Crippen LogP) is 1.60. The molecule has 0 bridgehead atoms. The fourth-order valence-electron chi connectivity index (χ4n) is 2.52. The minimum atomic E-state index is -0.165. The van der Waals surface area contributed by atoms with E-state index in [2.05, 4.69) is 29.6 Å². The first-order chi connectivity index (χ1) is 9.66. The van der Waals surface area contributed by atoms with Crippen molar-refractivity contribution in [2.24, 2.45) is 5.92 Å². The highest BCUT2D eigenvalue weighted by atomic mass is 16.2. The lowest BCUT2D eigenvalue weighted by atomic mass is 10.1. The monoisotopic (exact) mass is 274 g/mol. The Kier molecular flexibility index (Phi) is 5.16. The third kappa shape index (κ3) is 4.08. The van der Waals surface area contributed by atoms with Gasteiger partial charge in [-0.1, -0.05) is 30.3 Å². The van der Waals surface area contributed by atoms with Gasteiger partial charge in [-0.3, -0.25) is 9.59 Å². The van der Waals surface area contributed by atoms with Crippen molar-refractivity contribution in [2.45, 2.75) is 25.7 Å². The van der Waals surface area contributed by atoms with E-state index in [0.717, 1.165) is 25.8 Å². The van der Waals surface area contributed by atoms with Crippen LogP contribution in [0, 0.1) is 5.92 Å². The van der Waals surface area contributed by atoms with E-state index in [1.165, 1.54) is 5.56 Å². The van der Waals surface area contributed by atoms with Gasteiger partial charge in [0.15, 0.2) is 0 Å². The van der Waals surface area contributed by atoms with E-state index >= 15 is 0 Å². The molecule has 4 heteroatoms. The van der Waals surface area contributed by atoms with E-state index in [9.17, 15) is 9.59 Å². The van der Waals surface area contributed by atoms with Crippen molar-refractivity contribution in [3.63, 3.8) is 0 Å². The number of aryl methyl sites for hydroxylation is 1. The molecule has 1 fully saturated rings. The minimum absolute atomic E-state index is 0.0131. The molecule has 1 aromatic carbocycles. The van der Waals surface area contributed by atoms with Crippen LogP contribution in [0.1, 0.15) is 24.8 Å². The van der Waals surface area contributed by atoms with Crippen LogP contribution in [0.4, 0.5) is 0 Å². The number of hydrogen-bond acceptors (Lipinski definition) is 2. The molecule has 20 heavy (non-hydrogen) atoms. The molecule has 1 N–H and O–H groups in total. The molecule has 0 radical (unpaired) electrons. The van der Waals surface area contributed by atoms with Crippen LogP contribution in [0.2, 0.25) is 0 Å². The van der Waals surface area contributed by atoms with Crippen molar-refractivity contribution < 1.29 is 9.59 Å². The van der Waals surface area contributed by atoms with Crippen LogP contribution < -0.4 is 5.32 Å². The quantitative estimate of drug-likeness (QED) is 0.801. The molecule has 2 rings (SSSR count). The van der Waals surface area contributed by atoms with Gasteiger partial charge in [0.2, 0.25) is 11.8 Å². The maximum atomic E-state index is 12.1. The van der Waals surface area contributed by atoms with Gasteiger partial charge in [-0.05, 0) is 24.8 Å². The molecule has 1 aliphatic heterocycles. The predicted molar refractivity (Wildman–Crippen MR) is 78.1 cm³/mol. The van der Waals surface area contributed by atoms with Crippen molar-refractivity contribution >= 4 is 11.8 Å². The highest BCUT2D eigenvalue weighted by Gasteiger charge is 2.29. The smallest absolute Gasteiger partial charge is 0.227 e. The molecule has 0 spiro atoms. The number of nitrogens with zero attached hydrogens (tertiary/aromatic N) is 1. The molecule has 1 unspecified atom stereocenters. The molecule has 108 valence electrons. The minimum Gasteiger partial charge on any atom is -0.355 e. The largest absolute Gasteiger partial charge is 0.355 e. The van der Waals surface area contributed by atoms with E-state index in [0.29, 0.717) is 13.0 Å². The van der Waals surface area contributed by atoms with Crippen LogP contribution in [0.15, 0.2) is 30.3 Å². The second-order valence-electron chi connectivity index (χ2n) is 5.41. The standard InChI is InChI=1S/C16H22N2O2/c1-18(16(20)14-11-15(19)17-12-14)10-6-5-9-13-7-3-2-4-8-13/h2-4,7-8,14H,5-6,9-12H2,1H3,(H,17,19). The summed E-state index contributed by atoms with van der Waals surface area (Å²) in [4.78, 5) is 25.0. The van der Waals surface area contributed by atoms with Gasteiger partial charge in [-0.2, -0.15) is 0 Å². The van der Waals surface area contributed by atoms with E-state index in [1.807, 2.05) is 13.1 Å². The van der Waals surface area contributed by atoms with Gasteiger partial charge in [0.05, 0.1) is 5.92 Å². The Bertz CT molecular complexity index is 459. The van der Waals surface area contributed by atoms with E-state index in [1.54, 1.807) is 4.90 Å². The normalized spacial score (nSPS) is 17.9. The summed E-state index contributed by atoms with van der Waals surface area (Å²) in [5.41, 5.74) is 1.34. The zero-order valence-electron chi connectivity index (χ0n) is 12.0. The second kappa shape index (κ2) is 7.08. The third-order valence-corrected chi connectivity index (χ3v) is 3.75. The first kappa shape index (κ1) is 14.6. The van der Waals surface area contributed by atoms with Gasteiger partial charge >= 0.3 is 0 Å². The van der Waals surface area contributed by atoms with Gasteiger partial charge in [0, 0.05) is 26.6 Å². The second-order valence-corrected chi connectivity index (χ2v) is 5.41. The summed E-state index contributed by atoms with van der Waals surface area (Å²) in [6.45, 7) is 1.25. The Hall–Kier alpha value is -1.84. The first-order valence-electron chi connectivity index (χ1n) is 7.22. The van der Waals surface area contributed by atoms with Crippen molar-refractivity contribution in [3.05, 3.63) is 35.9 Å². The summed E-state index contributed by atoms with van der Waals surface area (Å²) in [6.07, 6.45) is 3.45. The summed E-state index contributed by atoms with van der Waals surface area (Å²) in [7, 11) is 1.83. The van der Waals surface area contributed by atoms with E-state index < -0.39 is 0 Å². The van der Waals surface area contributed by atoms with Gasteiger partial charge < -0.3 is 10.2 Å². The van der Waals surface area contributed by atoms with Crippen molar-refractivity contribution in [1.29, 1.82) is 0 Å². The first-order valence-corrected chi connectivity index (χ1v) is 7.22. The Morgan fingerprint density at radius 1 is 1.30 bits per heavy atom. The van der Waals surface area contributed by atoms with Crippen molar-refractivity contribution in [3.8, 4) is 0 Å². The van der Waals surface area contributed by atoms with Gasteiger partial charge in [0.25, 0.3) is 0 Å². The van der Waals surface area contributed by atoms with Crippen LogP contribution in [-0.4, -0.2) is 36.9 Å². The Labute approximate surface area is 120 Å². The summed E-state index contributed by atoms with van der Waals surface area (Å²) >= 11 is 0. The van der Waals surface area contributed by atoms with Crippen LogP contribution in [0.5, 0.6) is 0 Å². The molecule has 1 aliphatic rings. The number of rotatable bonds is 6. The third-order valence-electron chi connectivity index (χ3n) is 3.75. The molecule has 1 saturated heterocycles. The number of carbonyl (C=O) groups excluding carboxylic acids is 2. The molecular weight excluding hydrogens is 252 g/mol. The molecule has 0 saturated carbocycles. The maximum Gasteiger partial charge on any atom is 0.227 e. The van der Waals surface area contributed by atoms with Gasteiger partial charge in [-0.25, -0.2) is 0 Å². The lowest BCUT2D eigenvalue weighted by molar-refractivity contribution is -0.134. The highest BCUT2D eigenvalue weighted by molar-refractivity contribution is 5.89. The number of carbonyl (C=O) groups is 2. The zero-order valence-corrected chi connectivity index (χ0v) is 12.0. The summed E-state index contributed by atoms with van der Waals surface area (Å²) < 4.78 is 0. The van der Waals surface area contributed by atoms with Crippen LogP contribution in [-0.2, 0) is 16.0 Å². The molecule has 0 aliphatic carbocycles. The lowest BCUT2D eigenvalue weighted by Crippen LogP contribution is -2.34. The Balaban J connectivity index is 1.66. The van der Waals surface area contributed by atoms with Crippen LogP contribution in [0.25, 0.3) is 0 Å². The number of benzene rings is 1. The molecule has 1 heterocycles. The summed E-state index contributed by atoms with van der Waals surface area (Å²) in [6, 6.07) is 10.4. The lowest BCUT2D eigenvalue weighted by Gasteiger charge is -2.20. The fraction of sp³-hybridized carbons (Fsp3) is 0.500. The summed E-state index contributed by atoms with van der Waals surface area (Å²) in [5.74, 6) is -0.0921. The van der Waals surface area contributed by atoms with Crippen molar-refractivity contribution in [2.75, 3.05) is 20.1 Å². The fourth-order valence-corrected chi connectivity index (χ4v) is 2.52. The number of amides is 2. The SMILES string of the molecule is CN(CCCCc1ccccc1)C(=O)C1CNC(=O)C1. The average molecular weight is 274 g/mol. The van der Waals surface area contributed by atoms with Crippen LogP contribution in [0.3, 0.4) is 0 Å². The number of nitrogens with one attached hydrogen (secondary N) is 1. The average Bonchev–Trinajstić information content (AvgIpc) is 2.90. The molecule has 0 aromatic heterocycles. The molecule has 1 atom stereocenters. The molecular formula is C16H22N2O2. The Morgan fingerprint density at radius 3 is 2.70 bits per heavy atom. The molecule has 2 amide bonds. The van der Waals surface area contributed by atoms with Crippen LogP contribution >= 0.6 is 0 Å². The van der Waals surface area contributed by atoms with Gasteiger partial charge in [-0.15, -0.1) is 0 Å². The number of unbranched alkanes of at least 4 members (excludes halogenated alkanes) is 1. The molecule has 1 aromatic rings. The highest BCUT2D eigenvalue weighted by Crippen LogP contribution is 2.12. The molecule has 4 nitrogen and oxygen atoms in total. The number of hydrogen-bond donors (Lipinski definition) is 1. The van der Waals surface area contributed by atoms with Crippen molar-refractivity contribution in [1.82, 2.24) is 10.2 Å². The van der Waals surface area contributed by atoms with E-state index in [-0.39, 0.29) is 17.7 Å². The zero-order chi connectivity index (χ0) is 14.4. The topological polar surface area (TPSA) is 49.4 Å². The van der Waals surface area contributed by atoms with E-state index in [4.69, 9.17) is 0 Å². The Morgan fingerprint density at radius 2 is 2.05 bits per heavy atom. The van der Waals surface area contributed by atoms with Gasteiger partial charge in [0.1, 0.15) is 0 Å².